The Morgan fingerprint density at radius 3 is 1.71 bits per heavy atom. The van der Waals surface area contributed by atoms with Crippen LogP contribution in [0.25, 0.3) is 28.2 Å². The van der Waals surface area contributed by atoms with Crippen LogP contribution in [0.4, 0.5) is 39.5 Å². The zero-order valence-electron chi connectivity index (χ0n) is 35.4. The van der Waals surface area contributed by atoms with Crippen molar-refractivity contribution in [1.29, 1.82) is 21.6 Å². The number of nitrogens with two attached hydrogens (primary N) is 1. The maximum Gasteiger partial charge on any atom is 0.417 e. The highest BCUT2D eigenvalue weighted by Crippen LogP contribution is 2.39. The van der Waals surface area contributed by atoms with E-state index in [-0.39, 0.29) is 82.6 Å². The Hall–Kier alpha value is -6.44. The molecule has 0 aliphatic carbocycles. The van der Waals surface area contributed by atoms with Gasteiger partial charge in [0.2, 0.25) is 0 Å². The predicted molar refractivity (Wildman–Crippen MR) is 256 cm³/mol. The normalized spacial score (nSPS) is 12.8. The smallest absolute Gasteiger partial charge is 0.398 e. The molecule has 6 N–H and O–H groups in total. The molecule has 1 unspecified atom stereocenters. The van der Waals surface area contributed by atoms with E-state index in [0.717, 1.165) is 30.0 Å². The minimum Gasteiger partial charge on any atom is -0.398 e. The summed E-state index contributed by atoms with van der Waals surface area (Å²) in [6.45, 7) is 1.83. The molecule has 0 fully saturated rings. The van der Waals surface area contributed by atoms with Crippen LogP contribution in [0.2, 0.25) is 0 Å². The van der Waals surface area contributed by atoms with Gasteiger partial charge in [-0.3, -0.25) is 26.6 Å². The summed E-state index contributed by atoms with van der Waals surface area (Å²) >= 11 is 2.85. The standard InChI is InChI=1S/C49H38F9N7S3/c1-28(39-19-10-20-40(64-39)33-13-3-6-16-36(33)48(53,54)55)66-27-29-24-30(44(61)67-43(60)23-9-8-18-38(59)32-12-2-5-15-35(32)47(50,51)52)26-31(25-29)45(62)68-46(63)42-22-11-21-41(65-42)34-14-4-7-17-37(34)49(56,57)58/h2-22,24-26,28,60-63H,23,27,59H2,1H3/b9-8-,38-18-,60-43?,61-44?,62-45?,63-46?. The van der Waals surface area contributed by atoms with Crippen molar-refractivity contribution in [3.05, 3.63) is 196 Å². The number of nitrogens with zero attached hydrogens (tertiary/aromatic N) is 2. The first-order chi connectivity index (χ1) is 32.1. The summed E-state index contributed by atoms with van der Waals surface area (Å²) in [7, 11) is 0. The van der Waals surface area contributed by atoms with Gasteiger partial charge in [-0.2, -0.15) is 39.5 Å². The molecule has 0 saturated carbocycles. The van der Waals surface area contributed by atoms with E-state index in [1.54, 1.807) is 24.3 Å². The topological polar surface area (TPSA) is 147 Å². The number of halogens is 9. The monoisotopic (exact) mass is 991 g/mol. The first-order valence-corrected chi connectivity index (χ1v) is 22.8. The average molecular weight is 992 g/mol. The molecule has 1 atom stereocenters. The lowest BCUT2D eigenvalue weighted by molar-refractivity contribution is -0.138. The summed E-state index contributed by atoms with van der Waals surface area (Å²) < 4.78 is 124. The lowest BCUT2D eigenvalue weighted by Gasteiger charge is -2.16. The van der Waals surface area contributed by atoms with Crippen molar-refractivity contribution >= 4 is 61.2 Å². The van der Waals surface area contributed by atoms with Crippen molar-refractivity contribution in [2.45, 2.75) is 42.9 Å². The molecule has 350 valence electrons. The second-order valence-electron chi connectivity index (χ2n) is 14.7. The van der Waals surface area contributed by atoms with Gasteiger partial charge in [0.25, 0.3) is 0 Å². The molecular weight excluding hydrogens is 954 g/mol. The van der Waals surface area contributed by atoms with Crippen LogP contribution < -0.4 is 5.73 Å². The second kappa shape index (κ2) is 21.7. The van der Waals surface area contributed by atoms with Crippen LogP contribution in [0, 0.1) is 21.6 Å². The van der Waals surface area contributed by atoms with Gasteiger partial charge in [-0.05, 0) is 91.0 Å². The molecule has 0 aliphatic rings. The highest BCUT2D eigenvalue weighted by molar-refractivity contribution is 8.27. The van der Waals surface area contributed by atoms with Gasteiger partial charge in [0.05, 0.1) is 44.5 Å². The van der Waals surface area contributed by atoms with E-state index in [0.29, 0.717) is 28.6 Å². The number of rotatable bonds is 13. The quantitative estimate of drug-likeness (QED) is 0.0337. The Balaban J connectivity index is 1.23. The van der Waals surface area contributed by atoms with E-state index in [2.05, 4.69) is 9.97 Å². The third-order valence-electron chi connectivity index (χ3n) is 9.89. The molecule has 0 amide bonds. The largest absolute Gasteiger partial charge is 0.417 e. The van der Waals surface area contributed by atoms with E-state index in [9.17, 15) is 39.5 Å². The van der Waals surface area contributed by atoms with Crippen molar-refractivity contribution in [2.24, 2.45) is 5.73 Å². The SMILES string of the molecule is CC(SCc1cc(C(=N)SC(=N)C/C=C\C=C(/N)c2ccccc2C(F)(F)F)cc(C(=N)SC(=N)c2cccc(-c3ccccc3C(F)(F)F)n2)c1)c1cccc(-c2ccccc2C(F)(F)F)n1. The summed E-state index contributed by atoms with van der Waals surface area (Å²) in [4.78, 5) is 8.88. The molecule has 19 heteroatoms. The van der Waals surface area contributed by atoms with E-state index >= 15 is 0 Å². The predicted octanol–water partition coefficient (Wildman–Crippen LogP) is 14.9. The average Bonchev–Trinajstić information content (AvgIpc) is 3.31. The van der Waals surface area contributed by atoms with Crippen LogP contribution in [0.3, 0.4) is 0 Å². The Kier molecular flexibility index (Phi) is 16.2. The van der Waals surface area contributed by atoms with Gasteiger partial charge in [0.15, 0.2) is 0 Å². The summed E-state index contributed by atoms with van der Waals surface area (Å²) in [6.07, 6.45) is -9.71. The molecule has 7 nitrogen and oxygen atoms in total. The van der Waals surface area contributed by atoms with Crippen LogP contribution in [0.1, 0.15) is 68.9 Å². The van der Waals surface area contributed by atoms with Gasteiger partial charge in [-0.25, -0.2) is 4.98 Å². The summed E-state index contributed by atoms with van der Waals surface area (Å²) in [6, 6.07) is 28.9. The highest BCUT2D eigenvalue weighted by atomic mass is 32.2. The number of allylic oxidation sites excluding steroid dienone is 3. The first kappa shape index (κ1) is 51.0. The van der Waals surface area contributed by atoms with Gasteiger partial charge in [0.1, 0.15) is 15.1 Å². The maximum atomic E-state index is 13.9. The number of thioether (sulfide) groups is 3. The Bertz CT molecular complexity index is 2930. The van der Waals surface area contributed by atoms with Gasteiger partial charge in [-0.15, -0.1) is 11.8 Å². The Labute approximate surface area is 397 Å². The van der Waals surface area contributed by atoms with Crippen molar-refractivity contribution in [3.8, 4) is 22.5 Å². The van der Waals surface area contributed by atoms with Crippen molar-refractivity contribution in [2.75, 3.05) is 0 Å². The summed E-state index contributed by atoms with van der Waals surface area (Å²) in [5, 5.41) is 34.5. The Morgan fingerprint density at radius 2 is 1.12 bits per heavy atom. The molecule has 0 spiro atoms. The molecular formula is C49H38F9N7S3. The third-order valence-corrected chi connectivity index (χ3v) is 12.8. The fourth-order valence-electron chi connectivity index (χ4n) is 6.65. The molecule has 4 aromatic carbocycles. The zero-order chi connectivity index (χ0) is 49.4. The number of benzene rings is 4. The summed E-state index contributed by atoms with van der Waals surface area (Å²) in [5.74, 6) is 0.258. The van der Waals surface area contributed by atoms with Crippen molar-refractivity contribution < 1.29 is 39.5 Å². The second-order valence-corrected chi connectivity index (χ2v) is 18.2. The molecule has 0 saturated heterocycles. The van der Waals surface area contributed by atoms with Crippen molar-refractivity contribution in [1.82, 2.24) is 9.97 Å². The van der Waals surface area contributed by atoms with Gasteiger partial charge in [-0.1, -0.05) is 90.6 Å². The van der Waals surface area contributed by atoms with Gasteiger partial charge < -0.3 is 5.73 Å². The molecule has 0 aliphatic heterocycles. The molecule has 0 radical (unpaired) electrons. The van der Waals surface area contributed by atoms with Crippen LogP contribution >= 0.6 is 35.3 Å². The molecule has 6 rings (SSSR count). The number of pyridine rings is 2. The summed E-state index contributed by atoms with van der Waals surface area (Å²) in [5.41, 5.74) is 4.51. The van der Waals surface area contributed by atoms with E-state index in [1.165, 1.54) is 115 Å². The molecule has 2 aromatic heterocycles. The molecule has 6 aromatic rings. The van der Waals surface area contributed by atoms with Crippen LogP contribution in [-0.2, 0) is 24.3 Å². The number of aromatic nitrogens is 2. The fourth-order valence-corrected chi connectivity index (χ4v) is 8.88. The number of nitrogens with one attached hydrogen (secondary N) is 4. The first-order valence-electron chi connectivity index (χ1n) is 20.1. The fraction of sp³-hybridized carbons (Fsp3) is 0.143. The molecule has 2 heterocycles. The van der Waals surface area contributed by atoms with Gasteiger partial charge >= 0.3 is 18.5 Å². The zero-order valence-corrected chi connectivity index (χ0v) is 37.9. The molecule has 68 heavy (non-hydrogen) atoms. The lowest BCUT2D eigenvalue weighted by atomic mass is 10.0. The van der Waals surface area contributed by atoms with Crippen molar-refractivity contribution in [3.63, 3.8) is 0 Å². The lowest BCUT2D eigenvalue weighted by Crippen LogP contribution is -2.11. The van der Waals surface area contributed by atoms with E-state index in [1.807, 2.05) is 6.92 Å². The molecule has 0 bridgehead atoms. The van der Waals surface area contributed by atoms with E-state index < -0.39 is 35.2 Å². The highest BCUT2D eigenvalue weighted by Gasteiger charge is 2.35. The minimum atomic E-state index is -4.66. The van der Waals surface area contributed by atoms with Crippen LogP contribution in [-0.4, -0.2) is 30.1 Å². The van der Waals surface area contributed by atoms with E-state index in [4.69, 9.17) is 27.4 Å². The van der Waals surface area contributed by atoms with Gasteiger partial charge in [0, 0.05) is 50.9 Å². The number of alkyl halides is 9. The number of hydrogen-bond acceptors (Lipinski definition) is 10. The third kappa shape index (κ3) is 13.2. The number of hydrogen-bond donors (Lipinski definition) is 5. The Morgan fingerprint density at radius 1 is 0.603 bits per heavy atom. The maximum absolute atomic E-state index is 13.9. The van der Waals surface area contributed by atoms with Crippen LogP contribution in [0.5, 0.6) is 0 Å². The minimum absolute atomic E-state index is 0.00790. The van der Waals surface area contributed by atoms with Crippen LogP contribution in [0.15, 0.2) is 146 Å².